The van der Waals surface area contributed by atoms with Gasteiger partial charge in [0, 0.05) is 62.6 Å². The quantitative estimate of drug-likeness (QED) is 0.388. The molecule has 9 heteroatoms. The van der Waals surface area contributed by atoms with Crippen molar-refractivity contribution in [3.8, 4) is 23.4 Å². The highest BCUT2D eigenvalue weighted by atomic mass is 15.3. The van der Waals surface area contributed by atoms with Gasteiger partial charge in [0.05, 0.1) is 22.6 Å². The molecular formula is C28H25N9. The number of benzene rings is 2. The SMILES string of the molecule is N#Cc1cc(CN2CCN(c3nccnc3C#N)CC2)cnc1-c1ccc(Nc2ccccc2N)cc1. The highest BCUT2D eigenvalue weighted by Crippen LogP contribution is 2.27. The topological polar surface area (TPSA) is 131 Å². The van der Waals surface area contributed by atoms with E-state index in [-0.39, 0.29) is 0 Å². The van der Waals surface area contributed by atoms with Gasteiger partial charge in [-0.3, -0.25) is 9.88 Å². The number of nitrogens with zero attached hydrogens (tertiary/aromatic N) is 7. The summed E-state index contributed by atoms with van der Waals surface area (Å²) < 4.78 is 0. The van der Waals surface area contributed by atoms with E-state index in [1.165, 1.54) is 6.20 Å². The van der Waals surface area contributed by atoms with Crippen LogP contribution in [-0.2, 0) is 6.54 Å². The molecule has 1 saturated heterocycles. The predicted molar refractivity (Wildman–Crippen MR) is 143 cm³/mol. The van der Waals surface area contributed by atoms with Gasteiger partial charge in [-0.15, -0.1) is 0 Å². The monoisotopic (exact) mass is 487 g/mol. The van der Waals surface area contributed by atoms with Crippen LogP contribution >= 0.6 is 0 Å². The van der Waals surface area contributed by atoms with Gasteiger partial charge in [-0.25, -0.2) is 9.97 Å². The average molecular weight is 488 g/mol. The second kappa shape index (κ2) is 10.7. The lowest BCUT2D eigenvalue weighted by Crippen LogP contribution is -2.46. The lowest BCUT2D eigenvalue weighted by atomic mass is 10.0. The molecule has 0 bridgehead atoms. The molecule has 0 amide bonds. The fourth-order valence-electron chi connectivity index (χ4n) is 4.40. The first-order valence-corrected chi connectivity index (χ1v) is 11.9. The molecule has 3 N–H and O–H groups in total. The van der Waals surface area contributed by atoms with E-state index in [0.717, 1.165) is 48.7 Å². The van der Waals surface area contributed by atoms with E-state index in [9.17, 15) is 10.5 Å². The number of nitrogen functional groups attached to an aromatic ring is 1. The van der Waals surface area contributed by atoms with E-state index in [2.05, 4.69) is 42.2 Å². The molecule has 2 aromatic heterocycles. The number of pyridine rings is 1. The molecule has 3 heterocycles. The summed E-state index contributed by atoms with van der Waals surface area (Å²) in [6.07, 6.45) is 4.99. The Hall–Kier alpha value is -4.99. The van der Waals surface area contributed by atoms with Gasteiger partial charge >= 0.3 is 0 Å². The van der Waals surface area contributed by atoms with Crippen molar-refractivity contribution in [1.82, 2.24) is 19.9 Å². The van der Waals surface area contributed by atoms with Crippen molar-refractivity contribution in [2.24, 2.45) is 0 Å². The van der Waals surface area contributed by atoms with Gasteiger partial charge in [0.15, 0.2) is 11.5 Å². The fourth-order valence-corrected chi connectivity index (χ4v) is 4.40. The van der Waals surface area contributed by atoms with E-state index >= 15 is 0 Å². The Morgan fingerprint density at radius 3 is 2.38 bits per heavy atom. The summed E-state index contributed by atoms with van der Waals surface area (Å²) in [6.45, 7) is 3.82. The largest absolute Gasteiger partial charge is 0.397 e. The summed E-state index contributed by atoms with van der Waals surface area (Å²) in [5.41, 5.74) is 11.9. The fraction of sp³-hybridized carbons (Fsp3) is 0.179. The number of anilines is 4. The van der Waals surface area contributed by atoms with Crippen LogP contribution < -0.4 is 16.0 Å². The minimum Gasteiger partial charge on any atom is -0.397 e. The molecule has 0 atom stereocenters. The maximum atomic E-state index is 9.82. The molecule has 1 fully saturated rings. The molecule has 4 aromatic rings. The van der Waals surface area contributed by atoms with Crippen molar-refractivity contribution in [1.29, 1.82) is 10.5 Å². The zero-order chi connectivity index (χ0) is 25.6. The Balaban J connectivity index is 1.24. The lowest BCUT2D eigenvalue weighted by Gasteiger charge is -2.35. The van der Waals surface area contributed by atoms with E-state index in [1.807, 2.05) is 60.8 Å². The summed E-state index contributed by atoms with van der Waals surface area (Å²) in [4.78, 5) is 17.5. The van der Waals surface area contributed by atoms with Gasteiger partial charge in [-0.05, 0) is 35.9 Å². The van der Waals surface area contributed by atoms with Crippen LogP contribution in [0.1, 0.15) is 16.8 Å². The number of piperazine rings is 1. The molecule has 9 nitrogen and oxygen atoms in total. The highest BCUT2D eigenvalue weighted by molar-refractivity contribution is 5.74. The number of hydrogen-bond donors (Lipinski definition) is 2. The normalized spacial score (nSPS) is 13.5. The summed E-state index contributed by atoms with van der Waals surface area (Å²) in [5.74, 6) is 0.635. The molecule has 0 radical (unpaired) electrons. The molecule has 0 unspecified atom stereocenters. The van der Waals surface area contributed by atoms with Gasteiger partial charge in [-0.2, -0.15) is 10.5 Å². The number of nitrogens with one attached hydrogen (secondary N) is 1. The van der Waals surface area contributed by atoms with Gasteiger partial charge in [0.2, 0.25) is 0 Å². The Morgan fingerprint density at radius 1 is 0.892 bits per heavy atom. The van der Waals surface area contributed by atoms with Gasteiger partial charge in [-0.1, -0.05) is 24.3 Å². The smallest absolute Gasteiger partial charge is 0.183 e. The first-order chi connectivity index (χ1) is 18.1. The molecule has 1 aliphatic rings. The Kier molecular flexibility index (Phi) is 6.89. The molecule has 2 aromatic carbocycles. The van der Waals surface area contributed by atoms with Crippen LogP contribution in [0.25, 0.3) is 11.3 Å². The van der Waals surface area contributed by atoms with Crippen LogP contribution in [0.2, 0.25) is 0 Å². The second-order valence-electron chi connectivity index (χ2n) is 8.74. The number of aromatic nitrogens is 3. The van der Waals surface area contributed by atoms with Crippen molar-refractivity contribution in [3.05, 3.63) is 90.0 Å². The third-order valence-electron chi connectivity index (χ3n) is 6.33. The van der Waals surface area contributed by atoms with Crippen LogP contribution in [0.5, 0.6) is 0 Å². The summed E-state index contributed by atoms with van der Waals surface area (Å²) >= 11 is 0. The van der Waals surface area contributed by atoms with E-state index in [1.54, 1.807) is 6.20 Å². The van der Waals surface area contributed by atoms with Crippen LogP contribution in [0.15, 0.2) is 73.2 Å². The summed E-state index contributed by atoms with van der Waals surface area (Å²) in [7, 11) is 0. The van der Waals surface area contributed by atoms with E-state index in [0.29, 0.717) is 35.0 Å². The number of rotatable bonds is 6. The van der Waals surface area contributed by atoms with Crippen LogP contribution in [0.3, 0.4) is 0 Å². The van der Waals surface area contributed by atoms with Crippen molar-refractivity contribution in [2.45, 2.75) is 6.54 Å². The van der Waals surface area contributed by atoms with Crippen molar-refractivity contribution >= 4 is 22.9 Å². The summed E-state index contributed by atoms with van der Waals surface area (Å²) in [5, 5.41) is 22.4. The molecule has 5 rings (SSSR count). The van der Waals surface area contributed by atoms with Crippen molar-refractivity contribution in [3.63, 3.8) is 0 Å². The van der Waals surface area contributed by atoms with Gasteiger partial charge < -0.3 is 16.0 Å². The lowest BCUT2D eigenvalue weighted by molar-refractivity contribution is 0.249. The maximum absolute atomic E-state index is 9.82. The molecule has 182 valence electrons. The van der Waals surface area contributed by atoms with Crippen molar-refractivity contribution < 1.29 is 0 Å². The number of para-hydroxylation sites is 2. The Morgan fingerprint density at radius 2 is 1.65 bits per heavy atom. The molecule has 37 heavy (non-hydrogen) atoms. The first kappa shape index (κ1) is 23.7. The van der Waals surface area contributed by atoms with Gasteiger partial charge in [0.1, 0.15) is 12.1 Å². The molecule has 1 aliphatic heterocycles. The summed E-state index contributed by atoms with van der Waals surface area (Å²) in [6, 6.07) is 21.7. The Bertz CT molecular complexity index is 1480. The van der Waals surface area contributed by atoms with Crippen LogP contribution in [-0.4, -0.2) is 46.0 Å². The zero-order valence-corrected chi connectivity index (χ0v) is 20.2. The van der Waals surface area contributed by atoms with Crippen LogP contribution in [0, 0.1) is 22.7 Å². The van der Waals surface area contributed by atoms with Crippen molar-refractivity contribution in [2.75, 3.05) is 42.1 Å². The van der Waals surface area contributed by atoms with Crippen LogP contribution in [0.4, 0.5) is 22.9 Å². The van der Waals surface area contributed by atoms with E-state index in [4.69, 9.17) is 5.73 Å². The minimum atomic E-state index is 0.349. The standard InChI is InChI=1S/C28H25N9/c29-16-22-15-20(19-36-11-13-37(14-12-36)28-26(17-30)32-9-10-33-28)18-34-27(22)21-5-7-23(8-6-21)35-25-4-2-1-3-24(25)31/h1-10,15,18,35H,11-14,19,31H2. The third-order valence-corrected chi connectivity index (χ3v) is 6.33. The molecule has 0 aliphatic carbocycles. The van der Waals surface area contributed by atoms with Gasteiger partial charge in [0.25, 0.3) is 0 Å². The Labute approximate surface area is 215 Å². The van der Waals surface area contributed by atoms with E-state index < -0.39 is 0 Å². The number of nitrogens with two attached hydrogens (primary N) is 1. The zero-order valence-electron chi connectivity index (χ0n) is 20.2. The molecule has 0 spiro atoms. The number of nitriles is 2. The first-order valence-electron chi connectivity index (χ1n) is 11.9. The highest BCUT2D eigenvalue weighted by Gasteiger charge is 2.21. The molecular weight excluding hydrogens is 462 g/mol. The predicted octanol–water partition coefficient (Wildman–Crippen LogP) is 3.93. The average Bonchev–Trinajstić information content (AvgIpc) is 2.95. The minimum absolute atomic E-state index is 0.349. The maximum Gasteiger partial charge on any atom is 0.183 e. The second-order valence-corrected chi connectivity index (χ2v) is 8.74. The third kappa shape index (κ3) is 5.32. The molecule has 0 saturated carbocycles. The number of hydrogen-bond acceptors (Lipinski definition) is 9.